The quantitative estimate of drug-likeness (QED) is 0.556. The van der Waals surface area contributed by atoms with Gasteiger partial charge in [-0.2, -0.15) is 0 Å². The summed E-state index contributed by atoms with van der Waals surface area (Å²) in [4.78, 5) is 0. The van der Waals surface area contributed by atoms with E-state index < -0.39 is 0 Å². The highest BCUT2D eigenvalue weighted by atomic mass is 19.0. The lowest BCUT2D eigenvalue weighted by molar-refractivity contribution is 1.11. The van der Waals surface area contributed by atoms with Gasteiger partial charge in [0.1, 0.15) is 0 Å². The Morgan fingerprint density at radius 1 is 0.818 bits per heavy atom. The maximum atomic E-state index is 2.17. The number of benzene rings is 1. The summed E-state index contributed by atoms with van der Waals surface area (Å²) in [5.41, 5.74) is 2.68. The third-order valence-corrected chi connectivity index (χ3v) is 1.17. The Hall–Kier alpha value is -0.990. The van der Waals surface area contributed by atoms with Crippen molar-refractivity contribution in [2.75, 3.05) is 0 Å². The van der Waals surface area contributed by atoms with Gasteiger partial charge in [0, 0.05) is 0 Å². The van der Waals surface area contributed by atoms with Gasteiger partial charge in [-0.05, 0) is 13.8 Å². The molecule has 0 fully saturated rings. The van der Waals surface area contributed by atoms with Gasteiger partial charge in [0.15, 0.2) is 0 Å². The van der Waals surface area contributed by atoms with Crippen molar-refractivity contribution in [1.29, 1.82) is 0 Å². The first-order valence-corrected chi connectivity index (χ1v) is 2.82. The molecule has 0 amide bonds. The summed E-state index contributed by atoms with van der Waals surface area (Å²) in [7, 11) is 0. The van der Waals surface area contributed by atoms with Crippen LogP contribution in [0.2, 0.25) is 0 Å². The van der Waals surface area contributed by atoms with E-state index in [1.807, 2.05) is 0 Å². The van der Waals surface area contributed by atoms with E-state index in [0.717, 1.165) is 0 Å². The zero-order chi connectivity index (χ0) is 5.98. The molecule has 0 aliphatic rings. The molecule has 3 heteroatoms. The van der Waals surface area contributed by atoms with E-state index in [9.17, 15) is 0 Å². The first-order valence-electron chi connectivity index (χ1n) is 2.82. The third-order valence-electron chi connectivity index (χ3n) is 1.17. The van der Waals surface area contributed by atoms with Gasteiger partial charge in [-0.3, -0.25) is 14.1 Å². The normalized spacial score (nSPS) is 6.73. The minimum absolute atomic E-state index is 0. The van der Waals surface area contributed by atoms with E-state index in [1.165, 1.54) is 11.1 Å². The van der Waals surface area contributed by atoms with Crippen molar-refractivity contribution < 1.29 is 14.1 Å². The van der Waals surface area contributed by atoms with Gasteiger partial charge in [-0.15, -0.1) is 0 Å². The Morgan fingerprint density at radius 2 is 1.18 bits per heavy atom. The number of hydrogen-bond donors (Lipinski definition) is 0. The van der Waals surface area contributed by atoms with Crippen LogP contribution in [0.3, 0.4) is 0 Å². The fourth-order valence-corrected chi connectivity index (χ4v) is 0.807. The van der Waals surface area contributed by atoms with Gasteiger partial charge in [0.2, 0.25) is 0 Å². The molecule has 1 aromatic rings. The Bertz CT molecular complexity index is 169. The number of hydrogen-bond acceptors (Lipinski definition) is 0. The fourth-order valence-electron chi connectivity index (χ4n) is 0.807. The van der Waals surface area contributed by atoms with E-state index >= 15 is 0 Å². The van der Waals surface area contributed by atoms with Crippen LogP contribution in [-0.4, -0.2) is 0 Å². The summed E-state index contributed by atoms with van der Waals surface area (Å²) in [5, 5.41) is 0. The third kappa shape index (κ3) is 5.45. The van der Waals surface area contributed by atoms with Crippen molar-refractivity contribution in [1.82, 2.24) is 0 Å². The molecule has 0 nitrogen and oxygen atoms in total. The van der Waals surface area contributed by atoms with Crippen LogP contribution in [0.4, 0.5) is 14.1 Å². The summed E-state index contributed by atoms with van der Waals surface area (Å²) >= 11 is 0. The molecule has 0 radical (unpaired) electrons. The fraction of sp³-hybridized carbons (Fsp3) is 0.250. The zero-order valence-corrected chi connectivity index (χ0v) is 6.53. The summed E-state index contributed by atoms with van der Waals surface area (Å²) in [6, 6.07) is 8.45. The van der Waals surface area contributed by atoms with Crippen molar-refractivity contribution in [3.05, 3.63) is 35.4 Å². The average molecular weight is 166 g/mol. The van der Waals surface area contributed by atoms with Gasteiger partial charge < -0.3 is 0 Å². The summed E-state index contributed by atoms with van der Waals surface area (Å²) in [5.74, 6) is 0. The summed E-state index contributed by atoms with van der Waals surface area (Å²) < 4.78 is 0. The van der Waals surface area contributed by atoms with Gasteiger partial charge >= 0.3 is 0 Å². The van der Waals surface area contributed by atoms with E-state index in [4.69, 9.17) is 0 Å². The SMILES string of the molecule is Cc1cccc(C)c1.F.F.F. The molecule has 0 aromatic heterocycles. The zero-order valence-electron chi connectivity index (χ0n) is 6.53. The second-order valence-corrected chi connectivity index (χ2v) is 2.16. The molecule has 0 aliphatic heterocycles. The molecular weight excluding hydrogens is 153 g/mol. The monoisotopic (exact) mass is 166 g/mol. The summed E-state index contributed by atoms with van der Waals surface area (Å²) in [6.07, 6.45) is 0. The molecular formula is C8H13F3. The molecule has 0 N–H and O–H groups in total. The van der Waals surface area contributed by atoms with Crippen LogP contribution >= 0.6 is 0 Å². The second kappa shape index (κ2) is 7.12. The first kappa shape index (κ1) is 16.5. The van der Waals surface area contributed by atoms with Crippen LogP contribution in [0.1, 0.15) is 11.1 Å². The van der Waals surface area contributed by atoms with Crippen molar-refractivity contribution in [3.8, 4) is 0 Å². The van der Waals surface area contributed by atoms with Crippen molar-refractivity contribution in [2.45, 2.75) is 13.8 Å². The van der Waals surface area contributed by atoms with Gasteiger partial charge in [-0.1, -0.05) is 35.4 Å². The minimum Gasteiger partial charge on any atom is -0.269 e. The van der Waals surface area contributed by atoms with Crippen LogP contribution in [0.5, 0.6) is 0 Å². The lowest BCUT2D eigenvalue weighted by atomic mass is 10.2. The van der Waals surface area contributed by atoms with Crippen LogP contribution < -0.4 is 0 Å². The predicted octanol–water partition coefficient (Wildman–Crippen LogP) is 2.76. The van der Waals surface area contributed by atoms with Crippen LogP contribution in [0.15, 0.2) is 24.3 Å². The maximum Gasteiger partial charge on any atom is -0.0398 e. The lowest BCUT2D eigenvalue weighted by Crippen LogP contribution is -1.71. The molecule has 66 valence electrons. The Kier molecular flexibility index (Phi) is 10.7. The lowest BCUT2D eigenvalue weighted by Gasteiger charge is -1.90. The highest BCUT2D eigenvalue weighted by Crippen LogP contribution is 2.00. The number of aryl methyl sites for hydroxylation is 2. The Labute approximate surface area is 64.3 Å². The Balaban J connectivity index is -0.000000213. The predicted molar refractivity (Wildman–Crippen MR) is 43.4 cm³/mol. The smallest absolute Gasteiger partial charge is 0.0398 e. The van der Waals surface area contributed by atoms with Crippen LogP contribution in [0, 0.1) is 13.8 Å². The van der Waals surface area contributed by atoms with E-state index in [0.29, 0.717) is 0 Å². The van der Waals surface area contributed by atoms with Crippen LogP contribution in [0.25, 0.3) is 0 Å². The molecule has 1 aromatic carbocycles. The van der Waals surface area contributed by atoms with Gasteiger partial charge in [0.25, 0.3) is 0 Å². The molecule has 1 rings (SSSR count). The number of halogens is 3. The van der Waals surface area contributed by atoms with Crippen molar-refractivity contribution >= 4 is 0 Å². The van der Waals surface area contributed by atoms with Gasteiger partial charge in [-0.25, -0.2) is 0 Å². The van der Waals surface area contributed by atoms with Crippen molar-refractivity contribution in [2.24, 2.45) is 0 Å². The maximum absolute atomic E-state index is 2.17. The van der Waals surface area contributed by atoms with E-state index in [2.05, 4.69) is 38.1 Å². The van der Waals surface area contributed by atoms with E-state index in [-0.39, 0.29) is 14.1 Å². The molecule has 0 bridgehead atoms. The van der Waals surface area contributed by atoms with Gasteiger partial charge in [0.05, 0.1) is 0 Å². The second-order valence-electron chi connectivity index (χ2n) is 2.16. The topological polar surface area (TPSA) is 0 Å². The standard InChI is InChI=1S/C8H10.3FH/c1-7-4-3-5-8(2)6-7;;;/h3-6H,1-2H3;3*1H. The molecule has 0 heterocycles. The van der Waals surface area contributed by atoms with E-state index in [1.54, 1.807) is 0 Å². The Morgan fingerprint density at radius 3 is 1.36 bits per heavy atom. The molecule has 11 heavy (non-hydrogen) atoms. The largest absolute Gasteiger partial charge is 0.269 e. The highest BCUT2D eigenvalue weighted by Gasteiger charge is 1.80. The molecule has 0 saturated carbocycles. The van der Waals surface area contributed by atoms with Crippen LogP contribution in [-0.2, 0) is 0 Å². The molecule has 0 spiro atoms. The molecule has 0 aliphatic carbocycles. The average Bonchev–Trinajstić information content (AvgIpc) is 1.64. The highest BCUT2D eigenvalue weighted by molar-refractivity contribution is 5.20. The number of rotatable bonds is 0. The molecule has 0 unspecified atom stereocenters. The first-order chi connectivity index (χ1) is 3.79. The molecule has 0 atom stereocenters. The summed E-state index contributed by atoms with van der Waals surface area (Å²) in [6.45, 7) is 4.21. The molecule has 0 saturated heterocycles. The van der Waals surface area contributed by atoms with Crippen molar-refractivity contribution in [3.63, 3.8) is 0 Å². The minimum atomic E-state index is 0.